The Labute approximate surface area is 227 Å². The molecule has 0 aromatic heterocycles. The van der Waals surface area contributed by atoms with Gasteiger partial charge in [0, 0.05) is 16.0 Å². The number of piperidine rings is 1. The molecule has 1 fully saturated rings. The van der Waals surface area contributed by atoms with E-state index in [1.165, 1.54) is 7.11 Å². The number of esters is 1. The largest absolute Gasteiger partial charge is 0.616 e. The van der Waals surface area contributed by atoms with Crippen molar-refractivity contribution in [1.82, 2.24) is 4.90 Å². The van der Waals surface area contributed by atoms with Crippen molar-refractivity contribution < 1.29 is 18.9 Å². The fourth-order valence-electron chi connectivity index (χ4n) is 5.11. The molecule has 1 saturated heterocycles. The van der Waals surface area contributed by atoms with Crippen LogP contribution in [0.4, 0.5) is 0 Å². The highest BCUT2D eigenvalue weighted by Gasteiger charge is 2.53. The summed E-state index contributed by atoms with van der Waals surface area (Å²) in [6.45, 7) is 7.69. The molecule has 3 rings (SSSR count). The van der Waals surface area contributed by atoms with Crippen LogP contribution >= 0.6 is 23.2 Å². The minimum absolute atomic E-state index is 0.0295. The number of nitrogens with zero attached hydrogens (tertiary/aromatic N) is 1. The van der Waals surface area contributed by atoms with Crippen molar-refractivity contribution in [2.24, 2.45) is 5.41 Å². The summed E-state index contributed by atoms with van der Waals surface area (Å²) >= 11 is 11.5. The molecule has 1 aliphatic heterocycles. The number of carbonyl (C=O) groups is 2. The molecule has 0 saturated carbocycles. The highest BCUT2D eigenvalue weighted by atomic mass is 35.5. The van der Waals surface area contributed by atoms with Crippen LogP contribution in [-0.4, -0.2) is 45.5 Å². The Morgan fingerprint density at radius 3 is 2.39 bits per heavy atom. The summed E-state index contributed by atoms with van der Waals surface area (Å²) in [5, 5.41) is 1.18. The predicted molar refractivity (Wildman–Crippen MR) is 147 cm³/mol. The van der Waals surface area contributed by atoms with Gasteiger partial charge in [-0.15, -0.1) is 0 Å². The average Bonchev–Trinajstić information content (AvgIpc) is 2.84. The molecule has 0 bridgehead atoms. The SMILES string of the molecule is CCC(C[S@+]([O-])C(C)C)N1C(=O)[C@@](C)(CC(=O)OC)C[C@H](c2cccc(Cl)c2)[C@H]1c1ccc(Cl)cc1. The number of amides is 1. The first-order valence-electron chi connectivity index (χ1n) is 12.3. The van der Waals surface area contributed by atoms with E-state index < -0.39 is 22.6 Å². The maximum Gasteiger partial charge on any atom is 0.306 e. The van der Waals surface area contributed by atoms with Crippen molar-refractivity contribution in [3.8, 4) is 0 Å². The summed E-state index contributed by atoms with van der Waals surface area (Å²) in [5.41, 5.74) is 0.929. The van der Waals surface area contributed by atoms with Crippen LogP contribution in [0.1, 0.15) is 70.0 Å². The number of benzene rings is 2. The van der Waals surface area contributed by atoms with E-state index in [4.69, 9.17) is 27.9 Å². The molecule has 2 aromatic carbocycles. The van der Waals surface area contributed by atoms with Crippen molar-refractivity contribution in [2.75, 3.05) is 12.9 Å². The van der Waals surface area contributed by atoms with Gasteiger partial charge >= 0.3 is 5.97 Å². The van der Waals surface area contributed by atoms with Crippen LogP contribution in [0.3, 0.4) is 0 Å². The Hall–Kier alpha value is -1.73. The lowest BCUT2D eigenvalue weighted by atomic mass is 9.67. The molecule has 2 aromatic rings. The van der Waals surface area contributed by atoms with Crippen LogP contribution in [0.5, 0.6) is 0 Å². The van der Waals surface area contributed by atoms with Crippen LogP contribution in [0.15, 0.2) is 48.5 Å². The molecule has 0 radical (unpaired) electrons. The third-order valence-corrected chi connectivity index (χ3v) is 9.35. The molecule has 36 heavy (non-hydrogen) atoms. The van der Waals surface area contributed by atoms with Crippen LogP contribution < -0.4 is 0 Å². The molecule has 1 unspecified atom stereocenters. The standard InChI is InChI=1S/C28H35Cl2NO4S/c1-6-23(17-36(34)18(2)3)31-26(19-10-12-21(29)13-11-19)24(20-8-7-9-22(30)14-20)15-28(4,27(31)33)16-25(32)35-5/h7-14,18,23-24,26H,6,15-17H2,1-5H3/t23?,24-,26-,28-,36+/m1/s1. The van der Waals surface area contributed by atoms with Crippen molar-refractivity contribution in [3.05, 3.63) is 69.7 Å². The van der Waals surface area contributed by atoms with E-state index in [1.807, 2.05) is 81.1 Å². The van der Waals surface area contributed by atoms with E-state index >= 15 is 0 Å². The lowest BCUT2D eigenvalue weighted by molar-refractivity contribution is -0.161. The van der Waals surface area contributed by atoms with Gasteiger partial charge in [-0.3, -0.25) is 9.59 Å². The topological polar surface area (TPSA) is 69.7 Å². The first-order valence-corrected chi connectivity index (χ1v) is 14.4. The minimum atomic E-state index is -1.12. The molecule has 1 heterocycles. The number of rotatable bonds is 9. The van der Waals surface area contributed by atoms with Crippen molar-refractivity contribution in [3.63, 3.8) is 0 Å². The number of halogens is 2. The van der Waals surface area contributed by atoms with Crippen LogP contribution in [0.25, 0.3) is 0 Å². The number of hydrogen-bond acceptors (Lipinski definition) is 4. The molecule has 5 nitrogen and oxygen atoms in total. The van der Waals surface area contributed by atoms with Crippen LogP contribution in [-0.2, 0) is 25.5 Å². The number of methoxy groups -OCH3 is 1. The summed E-state index contributed by atoms with van der Waals surface area (Å²) < 4.78 is 18.0. The normalized spacial score (nSPS) is 24.0. The summed E-state index contributed by atoms with van der Waals surface area (Å²) in [7, 11) is 1.34. The van der Waals surface area contributed by atoms with Gasteiger partial charge in [0.05, 0.1) is 31.0 Å². The second-order valence-corrected chi connectivity index (χ2v) is 13.0. The number of ether oxygens (including phenoxy) is 1. The number of carbonyl (C=O) groups excluding carboxylic acids is 2. The van der Waals surface area contributed by atoms with Gasteiger partial charge in [-0.1, -0.05) is 61.3 Å². The van der Waals surface area contributed by atoms with Crippen molar-refractivity contribution in [1.29, 1.82) is 0 Å². The Bertz CT molecular complexity index is 1060. The van der Waals surface area contributed by atoms with E-state index in [2.05, 4.69) is 0 Å². The van der Waals surface area contributed by atoms with E-state index in [-0.39, 0.29) is 35.6 Å². The molecule has 196 valence electrons. The Kier molecular flexibility index (Phi) is 9.78. The second-order valence-electron chi connectivity index (χ2n) is 10.0. The summed E-state index contributed by atoms with van der Waals surface area (Å²) in [4.78, 5) is 28.7. The van der Waals surface area contributed by atoms with Crippen molar-refractivity contribution >= 4 is 46.3 Å². The summed E-state index contributed by atoms with van der Waals surface area (Å²) in [6.07, 6.45) is 1.03. The predicted octanol–water partition coefficient (Wildman–Crippen LogP) is 6.56. The Morgan fingerprint density at radius 1 is 1.17 bits per heavy atom. The summed E-state index contributed by atoms with van der Waals surface area (Å²) in [5.74, 6) is -0.350. The summed E-state index contributed by atoms with van der Waals surface area (Å²) in [6, 6.07) is 14.6. The molecular formula is C28H35Cl2NO4S. The quantitative estimate of drug-likeness (QED) is 0.261. The first kappa shape index (κ1) is 28.8. The van der Waals surface area contributed by atoms with E-state index in [9.17, 15) is 14.1 Å². The lowest BCUT2D eigenvalue weighted by Crippen LogP contribution is -2.57. The highest BCUT2D eigenvalue weighted by Crippen LogP contribution is 2.52. The minimum Gasteiger partial charge on any atom is -0.616 e. The molecule has 1 amide bonds. The molecule has 5 atom stereocenters. The van der Waals surface area contributed by atoms with Gasteiger partial charge in [0.1, 0.15) is 11.0 Å². The zero-order chi connectivity index (χ0) is 26.6. The molecular weight excluding hydrogens is 517 g/mol. The van der Waals surface area contributed by atoms with Gasteiger partial charge in [-0.2, -0.15) is 0 Å². The van der Waals surface area contributed by atoms with Crippen molar-refractivity contribution in [2.45, 2.75) is 70.2 Å². The highest BCUT2D eigenvalue weighted by molar-refractivity contribution is 7.92. The average molecular weight is 553 g/mol. The van der Waals surface area contributed by atoms with Crippen LogP contribution in [0, 0.1) is 5.41 Å². The van der Waals surface area contributed by atoms with Gasteiger partial charge in [0.25, 0.3) is 0 Å². The number of hydrogen-bond donors (Lipinski definition) is 0. The molecule has 1 aliphatic rings. The fourth-order valence-corrected chi connectivity index (χ4v) is 6.60. The van der Waals surface area contributed by atoms with E-state index in [0.29, 0.717) is 28.6 Å². The number of likely N-dealkylation sites (tertiary alicyclic amines) is 1. The van der Waals surface area contributed by atoms with Gasteiger partial charge in [-0.25, -0.2) is 0 Å². The zero-order valence-corrected chi connectivity index (χ0v) is 23.8. The Balaban J connectivity index is 2.22. The third kappa shape index (κ3) is 6.39. The van der Waals surface area contributed by atoms with Gasteiger partial charge in [-0.05, 0) is 73.3 Å². The lowest BCUT2D eigenvalue weighted by Gasteiger charge is -2.51. The van der Waals surface area contributed by atoms with E-state index in [1.54, 1.807) is 0 Å². The Morgan fingerprint density at radius 2 is 1.83 bits per heavy atom. The molecule has 8 heteroatoms. The molecule has 0 aliphatic carbocycles. The maximum atomic E-state index is 14.3. The van der Waals surface area contributed by atoms with Gasteiger partial charge in [0.2, 0.25) is 5.91 Å². The van der Waals surface area contributed by atoms with E-state index in [0.717, 1.165) is 11.1 Å². The smallest absolute Gasteiger partial charge is 0.306 e. The van der Waals surface area contributed by atoms with Gasteiger partial charge in [0.15, 0.2) is 0 Å². The fraction of sp³-hybridized carbons (Fsp3) is 0.500. The molecule has 0 N–H and O–H groups in total. The monoisotopic (exact) mass is 551 g/mol. The third-order valence-electron chi connectivity index (χ3n) is 7.10. The maximum absolute atomic E-state index is 14.3. The second kappa shape index (κ2) is 12.2. The van der Waals surface area contributed by atoms with Crippen LogP contribution in [0.2, 0.25) is 10.0 Å². The zero-order valence-electron chi connectivity index (χ0n) is 21.5. The first-order chi connectivity index (χ1) is 17.0. The van der Waals surface area contributed by atoms with Gasteiger partial charge < -0.3 is 14.2 Å². The molecule has 0 spiro atoms.